The lowest BCUT2D eigenvalue weighted by molar-refractivity contribution is 0.414. The number of rotatable bonds is 5. The molecular weight excluding hydrogens is 222 g/mol. The molecule has 0 unspecified atom stereocenters. The average Bonchev–Trinajstić information content (AvgIpc) is 2.24. The van der Waals surface area contributed by atoms with Crippen LogP contribution in [0.1, 0.15) is 17.5 Å². The maximum absolute atomic E-state index is 5.71. The van der Waals surface area contributed by atoms with Crippen molar-refractivity contribution in [2.75, 3.05) is 31.5 Å². The molecule has 2 nitrogen and oxygen atoms in total. The number of hydrogen-bond acceptors (Lipinski definition) is 2. The van der Waals surface area contributed by atoms with Crippen LogP contribution in [0.5, 0.6) is 5.75 Å². The summed E-state index contributed by atoms with van der Waals surface area (Å²) < 4.78 is 5.43. The molecule has 0 saturated heterocycles. The van der Waals surface area contributed by atoms with Crippen molar-refractivity contribution in [3.05, 3.63) is 23.3 Å². The van der Waals surface area contributed by atoms with E-state index in [-0.39, 0.29) is 0 Å². The molecule has 16 heavy (non-hydrogen) atoms. The van der Waals surface area contributed by atoms with Gasteiger partial charge < -0.3 is 9.64 Å². The van der Waals surface area contributed by atoms with Crippen LogP contribution in [0, 0.1) is 13.8 Å². The lowest BCUT2D eigenvalue weighted by Gasteiger charge is -2.24. The molecule has 0 aliphatic rings. The molecule has 0 aromatic heterocycles. The molecule has 90 valence electrons. The third-order valence-corrected chi connectivity index (χ3v) is 2.91. The van der Waals surface area contributed by atoms with Crippen molar-refractivity contribution in [3.8, 4) is 5.75 Å². The summed E-state index contributed by atoms with van der Waals surface area (Å²) in [5.41, 5.74) is 3.64. The van der Waals surface area contributed by atoms with Gasteiger partial charge in [-0.15, -0.1) is 11.6 Å². The molecule has 0 amide bonds. The van der Waals surface area contributed by atoms with E-state index in [0.717, 1.165) is 18.7 Å². The number of nitrogens with zero attached hydrogens (tertiary/aromatic N) is 1. The van der Waals surface area contributed by atoms with Crippen molar-refractivity contribution in [2.24, 2.45) is 0 Å². The quantitative estimate of drug-likeness (QED) is 0.733. The molecule has 0 N–H and O–H groups in total. The minimum absolute atomic E-state index is 0.692. The summed E-state index contributed by atoms with van der Waals surface area (Å²) >= 11 is 5.71. The summed E-state index contributed by atoms with van der Waals surface area (Å²) in [5, 5.41) is 0. The Bertz CT molecular complexity index is 352. The predicted molar refractivity (Wildman–Crippen MR) is 71.1 cm³/mol. The van der Waals surface area contributed by atoms with Crippen molar-refractivity contribution in [1.29, 1.82) is 0 Å². The van der Waals surface area contributed by atoms with Crippen molar-refractivity contribution in [2.45, 2.75) is 20.3 Å². The fourth-order valence-electron chi connectivity index (χ4n) is 1.97. The van der Waals surface area contributed by atoms with Crippen LogP contribution in [0.25, 0.3) is 0 Å². The van der Waals surface area contributed by atoms with Crippen LogP contribution in [-0.2, 0) is 0 Å². The third-order valence-electron chi connectivity index (χ3n) is 2.64. The third kappa shape index (κ3) is 3.05. The van der Waals surface area contributed by atoms with Crippen molar-refractivity contribution >= 4 is 17.3 Å². The molecule has 3 heteroatoms. The summed E-state index contributed by atoms with van der Waals surface area (Å²) in [4.78, 5) is 2.20. The Balaban J connectivity index is 3.01. The Morgan fingerprint density at radius 3 is 2.56 bits per heavy atom. The predicted octanol–water partition coefficient (Wildman–Crippen LogP) is 3.38. The summed E-state index contributed by atoms with van der Waals surface area (Å²) in [5.74, 6) is 1.63. The lowest BCUT2D eigenvalue weighted by Crippen LogP contribution is -2.20. The van der Waals surface area contributed by atoms with Crippen molar-refractivity contribution in [3.63, 3.8) is 0 Å². The zero-order valence-electron chi connectivity index (χ0n) is 10.5. The monoisotopic (exact) mass is 241 g/mol. The van der Waals surface area contributed by atoms with Gasteiger partial charge in [0, 0.05) is 19.5 Å². The van der Waals surface area contributed by atoms with Crippen LogP contribution < -0.4 is 9.64 Å². The van der Waals surface area contributed by atoms with E-state index < -0.39 is 0 Å². The van der Waals surface area contributed by atoms with Crippen molar-refractivity contribution < 1.29 is 4.74 Å². The smallest absolute Gasteiger partial charge is 0.142 e. The first-order chi connectivity index (χ1) is 7.60. The Hall–Kier alpha value is -0.890. The van der Waals surface area contributed by atoms with Crippen LogP contribution in [0.3, 0.4) is 0 Å². The van der Waals surface area contributed by atoms with Gasteiger partial charge in [0.15, 0.2) is 0 Å². The minimum atomic E-state index is 0.692. The largest absolute Gasteiger partial charge is 0.495 e. The normalized spacial score (nSPS) is 10.3. The molecule has 0 spiro atoms. The van der Waals surface area contributed by atoms with E-state index in [1.807, 2.05) is 0 Å². The highest BCUT2D eigenvalue weighted by Crippen LogP contribution is 2.32. The minimum Gasteiger partial charge on any atom is -0.495 e. The van der Waals surface area contributed by atoms with E-state index in [1.54, 1.807) is 7.11 Å². The average molecular weight is 242 g/mol. The second-order valence-corrected chi connectivity index (χ2v) is 4.47. The van der Waals surface area contributed by atoms with Gasteiger partial charge in [0.25, 0.3) is 0 Å². The first-order valence-electron chi connectivity index (χ1n) is 5.52. The molecule has 1 aromatic rings. The Kier molecular flexibility index (Phi) is 4.94. The van der Waals surface area contributed by atoms with Crippen LogP contribution in [-0.4, -0.2) is 26.6 Å². The molecular formula is C13H20ClNO. The molecule has 1 rings (SSSR count). The Morgan fingerprint density at radius 1 is 1.31 bits per heavy atom. The topological polar surface area (TPSA) is 12.5 Å². The van der Waals surface area contributed by atoms with Crippen LogP contribution in [0.15, 0.2) is 12.1 Å². The zero-order chi connectivity index (χ0) is 12.1. The van der Waals surface area contributed by atoms with E-state index in [9.17, 15) is 0 Å². The van der Waals surface area contributed by atoms with Crippen LogP contribution >= 0.6 is 11.6 Å². The second kappa shape index (κ2) is 6.00. The highest BCUT2D eigenvalue weighted by molar-refractivity contribution is 6.17. The van der Waals surface area contributed by atoms with Gasteiger partial charge in [-0.25, -0.2) is 0 Å². The molecule has 0 bridgehead atoms. The number of methoxy groups -OCH3 is 1. The van der Waals surface area contributed by atoms with Crippen molar-refractivity contribution in [1.82, 2.24) is 0 Å². The standard InChI is InChI=1S/C13H20ClNO/c1-10-8-11(2)13(12(9-10)16-4)15(3)7-5-6-14/h8-9H,5-7H2,1-4H3. The zero-order valence-corrected chi connectivity index (χ0v) is 11.3. The number of aryl methyl sites for hydroxylation is 2. The number of halogens is 1. The first kappa shape index (κ1) is 13.2. The number of benzene rings is 1. The summed E-state index contributed by atoms with van der Waals surface area (Å²) in [6.45, 7) is 5.14. The van der Waals surface area contributed by atoms with Gasteiger partial charge >= 0.3 is 0 Å². The molecule has 0 fully saturated rings. The van der Waals surface area contributed by atoms with Gasteiger partial charge in [0.05, 0.1) is 12.8 Å². The summed E-state index contributed by atoms with van der Waals surface area (Å²) in [7, 11) is 3.79. The SMILES string of the molecule is COc1cc(C)cc(C)c1N(C)CCCCl. The van der Waals surface area contributed by atoms with E-state index in [0.29, 0.717) is 5.88 Å². The highest BCUT2D eigenvalue weighted by atomic mass is 35.5. The fraction of sp³-hybridized carbons (Fsp3) is 0.538. The molecule has 0 atom stereocenters. The van der Waals surface area contributed by atoms with E-state index >= 15 is 0 Å². The summed E-state index contributed by atoms with van der Waals surface area (Å²) in [6.07, 6.45) is 0.981. The highest BCUT2D eigenvalue weighted by Gasteiger charge is 2.11. The maximum atomic E-state index is 5.71. The van der Waals surface area contributed by atoms with Crippen LogP contribution in [0.2, 0.25) is 0 Å². The van der Waals surface area contributed by atoms with E-state index in [1.165, 1.54) is 16.8 Å². The second-order valence-electron chi connectivity index (χ2n) is 4.10. The van der Waals surface area contributed by atoms with Gasteiger partial charge in [-0.1, -0.05) is 6.07 Å². The van der Waals surface area contributed by atoms with Gasteiger partial charge in [0.2, 0.25) is 0 Å². The lowest BCUT2D eigenvalue weighted by atomic mass is 10.1. The fourth-order valence-corrected chi connectivity index (χ4v) is 2.09. The van der Waals surface area contributed by atoms with Crippen LogP contribution in [0.4, 0.5) is 5.69 Å². The van der Waals surface area contributed by atoms with Gasteiger partial charge in [0.1, 0.15) is 5.75 Å². The van der Waals surface area contributed by atoms with Gasteiger partial charge in [-0.05, 0) is 37.5 Å². The first-order valence-corrected chi connectivity index (χ1v) is 6.06. The summed E-state index contributed by atoms with van der Waals surface area (Å²) in [6, 6.07) is 4.24. The molecule has 0 aliphatic carbocycles. The molecule has 1 aromatic carbocycles. The number of hydrogen-bond donors (Lipinski definition) is 0. The van der Waals surface area contributed by atoms with E-state index in [4.69, 9.17) is 16.3 Å². The number of ether oxygens (including phenoxy) is 1. The molecule has 0 aliphatic heterocycles. The molecule has 0 heterocycles. The van der Waals surface area contributed by atoms with Gasteiger partial charge in [-0.3, -0.25) is 0 Å². The van der Waals surface area contributed by atoms with Gasteiger partial charge in [-0.2, -0.15) is 0 Å². The number of alkyl halides is 1. The Labute approximate surface area is 103 Å². The number of anilines is 1. The molecule has 0 radical (unpaired) electrons. The maximum Gasteiger partial charge on any atom is 0.142 e. The van der Waals surface area contributed by atoms with E-state index in [2.05, 4.69) is 37.9 Å². The Morgan fingerprint density at radius 2 is 2.00 bits per heavy atom. The molecule has 0 saturated carbocycles.